The first-order valence-electron chi connectivity index (χ1n) is 8.74. The van der Waals surface area contributed by atoms with E-state index in [1.54, 1.807) is 20.8 Å². The smallest absolute Gasteiger partial charge is 0.408 e. The number of aliphatic carboxylic acids is 1. The number of rotatable bonds is 2. The molecule has 1 saturated heterocycles. The van der Waals surface area contributed by atoms with Crippen molar-refractivity contribution >= 4 is 12.1 Å². The minimum atomic E-state index is -1.46. The minimum absolute atomic E-state index is 0.551. The average Bonchev–Trinajstić information content (AvgIpc) is 2.77. The molecule has 1 aliphatic heterocycles. The van der Waals surface area contributed by atoms with Crippen LogP contribution in [0.2, 0.25) is 0 Å². The van der Waals surface area contributed by atoms with Crippen LogP contribution >= 0.6 is 0 Å². The molecule has 3 rings (SSSR count). The molecule has 1 atom stereocenters. The number of carbonyl (C=O) groups excluding carboxylic acids is 1. The van der Waals surface area contributed by atoms with E-state index >= 15 is 0 Å². The molecular weight excluding hydrogens is 320 g/mol. The van der Waals surface area contributed by atoms with Crippen LogP contribution in [0.25, 0.3) is 0 Å². The van der Waals surface area contributed by atoms with Crippen LogP contribution in [0, 0.1) is 5.41 Å². The molecule has 0 unspecified atom stereocenters. The Morgan fingerprint density at radius 2 is 1.84 bits per heavy atom. The molecule has 0 aromatic heterocycles. The van der Waals surface area contributed by atoms with Crippen LogP contribution in [0.3, 0.4) is 0 Å². The Morgan fingerprint density at radius 1 is 1.20 bits per heavy atom. The normalized spacial score (nSPS) is 24.6. The molecule has 1 heterocycles. The van der Waals surface area contributed by atoms with Gasteiger partial charge >= 0.3 is 12.1 Å². The average molecular weight is 346 g/mol. The third kappa shape index (κ3) is 2.88. The van der Waals surface area contributed by atoms with E-state index in [1.807, 2.05) is 24.3 Å². The van der Waals surface area contributed by atoms with Gasteiger partial charge in [-0.15, -0.1) is 0 Å². The van der Waals surface area contributed by atoms with Gasteiger partial charge in [0.1, 0.15) is 5.60 Å². The molecule has 3 N–H and O–H groups in total. The van der Waals surface area contributed by atoms with Crippen molar-refractivity contribution in [2.45, 2.75) is 51.2 Å². The Hall–Kier alpha value is -2.08. The van der Waals surface area contributed by atoms with Gasteiger partial charge in [-0.2, -0.15) is 0 Å². The lowest BCUT2D eigenvalue weighted by atomic mass is 9.64. The number of hydrogen-bond acceptors (Lipinski definition) is 4. The molecule has 0 saturated carbocycles. The largest absolute Gasteiger partial charge is 0.479 e. The van der Waals surface area contributed by atoms with Crippen LogP contribution in [-0.2, 0) is 21.5 Å². The van der Waals surface area contributed by atoms with E-state index in [9.17, 15) is 14.7 Å². The topological polar surface area (TPSA) is 87.7 Å². The highest BCUT2D eigenvalue weighted by Gasteiger charge is 2.63. The third-order valence-electron chi connectivity index (χ3n) is 5.32. The van der Waals surface area contributed by atoms with E-state index in [-0.39, 0.29) is 0 Å². The highest BCUT2D eigenvalue weighted by Crippen LogP contribution is 2.55. The molecule has 6 nitrogen and oxygen atoms in total. The lowest BCUT2D eigenvalue weighted by Gasteiger charge is -2.46. The van der Waals surface area contributed by atoms with Crippen LogP contribution in [0.5, 0.6) is 0 Å². The second kappa shape index (κ2) is 6.02. The van der Waals surface area contributed by atoms with Crippen molar-refractivity contribution in [3.05, 3.63) is 35.4 Å². The van der Waals surface area contributed by atoms with Crippen LogP contribution in [0.4, 0.5) is 4.79 Å². The fraction of sp³-hybridized carbons (Fsp3) is 0.579. The number of amides is 1. The maximum atomic E-state index is 12.6. The Bertz CT molecular complexity index is 689. The van der Waals surface area contributed by atoms with Crippen LogP contribution < -0.4 is 10.6 Å². The zero-order chi connectivity index (χ0) is 18.3. The molecule has 1 spiro atoms. The van der Waals surface area contributed by atoms with Gasteiger partial charge in [-0.3, -0.25) is 0 Å². The van der Waals surface area contributed by atoms with Gasteiger partial charge in [-0.1, -0.05) is 24.3 Å². The van der Waals surface area contributed by atoms with E-state index < -0.39 is 28.6 Å². The molecular formula is C19H26N2O4. The van der Waals surface area contributed by atoms with Gasteiger partial charge in [0.25, 0.3) is 0 Å². The molecule has 1 aromatic carbocycles. The van der Waals surface area contributed by atoms with Crippen LogP contribution in [0.1, 0.15) is 44.7 Å². The lowest BCUT2D eigenvalue weighted by molar-refractivity contribution is -0.153. The summed E-state index contributed by atoms with van der Waals surface area (Å²) in [5.41, 5.74) is -1.04. The summed E-state index contributed by atoms with van der Waals surface area (Å²) in [5.74, 6) is -1.02. The van der Waals surface area contributed by atoms with Crippen molar-refractivity contribution in [1.29, 1.82) is 0 Å². The maximum Gasteiger partial charge on any atom is 0.408 e. The number of carboxylic acids is 1. The molecule has 1 aromatic rings. The number of carboxylic acid groups (broad SMARTS) is 1. The number of ether oxygens (including phenoxy) is 1. The third-order valence-corrected chi connectivity index (χ3v) is 5.32. The second-order valence-corrected chi connectivity index (χ2v) is 8.05. The van der Waals surface area contributed by atoms with Gasteiger partial charge < -0.3 is 20.5 Å². The summed E-state index contributed by atoms with van der Waals surface area (Å²) in [6.45, 7) is 6.77. The summed E-state index contributed by atoms with van der Waals surface area (Å²) in [7, 11) is 0. The standard InChI is InChI=1S/C19H26N2O4/c1-17(2,3)25-16(24)21-19(15(22)23)14-7-5-4-6-13(14)12-18(19)8-10-20-11-9-18/h4-7,20H,8-12H2,1-3H3,(H,21,24)(H,22,23)/t19-/m0/s1. The monoisotopic (exact) mass is 346 g/mol. The van der Waals surface area contributed by atoms with E-state index in [1.165, 1.54) is 0 Å². The fourth-order valence-corrected chi connectivity index (χ4v) is 4.33. The van der Waals surface area contributed by atoms with E-state index in [4.69, 9.17) is 4.74 Å². The van der Waals surface area contributed by atoms with Crippen molar-refractivity contribution in [2.75, 3.05) is 13.1 Å². The number of fused-ring (bicyclic) bond motifs is 1. The molecule has 6 heteroatoms. The summed E-state index contributed by atoms with van der Waals surface area (Å²) in [5, 5.41) is 16.4. The summed E-state index contributed by atoms with van der Waals surface area (Å²) in [4.78, 5) is 25.1. The molecule has 25 heavy (non-hydrogen) atoms. The molecule has 1 aliphatic carbocycles. The van der Waals surface area contributed by atoms with Gasteiger partial charge in [0.05, 0.1) is 0 Å². The van der Waals surface area contributed by atoms with Gasteiger partial charge in [-0.25, -0.2) is 9.59 Å². The molecule has 0 radical (unpaired) electrons. The Morgan fingerprint density at radius 3 is 2.44 bits per heavy atom. The zero-order valence-electron chi connectivity index (χ0n) is 15.0. The quantitative estimate of drug-likeness (QED) is 0.765. The molecule has 1 amide bonds. The SMILES string of the molecule is CC(C)(C)OC(=O)N[C@]1(C(=O)O)c2ccccc2CC12CCNCC2. The maximum absolute atomic E-state index is 12.6. The number of nitrogens with one attached hydrogen (secondary N) is 2. The van der Waals surface area contributed by atoms with E-state index in [0.29, 0.717) is 24.8 Å². The Balaban J connectivity index is 2.09. The first-order chi connectivity index (χ1) is 11.7. The fourth-order valence-electron chi connectivity index (χ4n) is 4.33. The van der Waals surface area contributed by atoms with Crippen molar-refractivity contribution in [3.8, 4) is 0 Å². The number of benzene rings is 1. The molecule has 1 fully saturated rings. The summed E-state index contributed by atoms with van der Waals surface area (Å²) >= 11 is 0. The van der Waals surface area contributed by atoms with Gasteiger partial charge in [0, 0.05) is 5.41 Å². The molecule has 2 aliphatic rings. The zero-order valence-corrected chi connectivity index (χ0v) is 15.0. The molecule has 0 bridgehead atoms. The first-order valence-corrected chi connectivity index (χ1v) is 8.74. The van der Waals surface area contributed by atoms with Crippen molar-refractivity contribution in [2.24, 2.45) is 5.41 Å². The molecule has 136 valence electrons. The Kier molecular flexibility index (Phi) is 4.27. The van der Waals surface area contributed by atoms with E-state index in [2.05, 4.69) is 10.6 Å². The predicted molar refractivity (Wildman–Crippen MR) is 93.4 cm³/mol. The van der Waals surface area contributed by atoms with Crippen LogP contribution in [0.15, 0.2) is 24.3 Å². The number of carbonyl (C=O) groups is 2. The number of hydrogen-bond donors (Lipinski definition) is 3. The number of alkyl carbamates (subject to hydrolysis) is 1. The summed E-state index contributed by atoms with van der Waals surface area (Å²) in [6, 6.07) is 7.52. The highest BCUT2D eigenvalue weighted by atomic mass is 16.6. The Labute approximate surface area is 147 Å². The van der Waals surface area contributed by atoms with Gasteiger partial charge in [0.2, 0.25) is 0 Å². The summed E-state index contributed by atoms with van der Waals surface area (Å²) in [6.07, 6.45) is 1.32. The lowest BCUT2D eigenvalue weighted by Crippen LogP contribution is -2.63. The number of piperidine rings is 1. The summed E-state index contributed by atoms with van der Waals surface area (Å²) < 4.78 is 5.39. The predicted octanol–water partition coefficient (Wildman–Crippen LogP) is 2.42. The van der Waals surface area contributed by atoms with Crippen molar-refractivity contribution in [3.63, 3.8) is 0 Å². The van der Waals surface area contributed by atoms with Gasteiger partial charge in [0.15, 0.2) is 5.54 Å². The van der Waals surface area contributed by atoms with Gasteiger partial charge in [-0.05, 0) is 64.3 Å². The first kappa shape index (κ1) is 17.7. The minimum Gasteiger partial charge on any atom is -0.479 e. The second-order valence-electron chi connectivity index (χ2n) is 8.05. The van der Waals surface area contributed by atoms with Crippen LogP contribution in [-0.4, -0.2) is 35.9 Å². The van der Waals surface area contributed by atoms with Crippen molar-refractivity contribution < 1.29 is 19.4 Å². The van der Waals surface area contributed by atoms with E-state index in [0.717, 1.165) is 18.7 Å². The highest BCUT2D eigenvalue weighted by molar-refractivity contribution is 5.89. The van der Waals surface area contributed by atoms with Crippen molar-refractivity contribution in [1.82, 2.24) is 10.6 Å².